The molecule has 0 N–H and O–H groups in total. The molecule has 0 bridgehead atoms. The molecular weight excluding hydrogens is 382 g/mol. The Bertz CT molecular complexity index is 1460. The fourth-order valence-corrected chi connectivity index (χ4v) is 4.10. The van der Waals surface area contributed by atoms with E-state index in [1.807, 2.05) is 43.3 Å². The number of aromatic nitrogens is 3. The number of fused-ring (bicyclic) bond motifs is 2. The number of benzene rings is 3. The molecule has 0 atom stereocenters. The van der Waals surface area contributed by atoms with E-state index in [0.29, 0.717) is 17.8 Å². The Kier molecular flexibility index (Phi) is 4.97. The summed E-state index contributed by atoms with van der Waals surface area (Å²) in [4.78, 5) is 17.6. The molecule has 0 fully saturated rings. The molecule has 152 valence electrons. The van der Waals surface area contributed by atoms with Gasteiger partial charge in [0, 0.05) is 35.8 Å². The average Bonchev–Trinajstić information content (AvgIpc) is 3.16. The molecule has 5 rings (SSSR count). The maximum atomic E-state index is 12.9. The Morgan fingerprint density at radius 2 is 1.55 bits per heavy atom. The van der Waals surface area contributed by atoms with E-state index in [2.05, 4.69) is 65.4 Å². The van der Waals surface area contributed by atoms with Gasteiger partial charge in [0.1, 0.15) is 5.82 Å². The summed E-state index contributed by atoms with van der Waals surface area (Å²) in [5.41, 5.74) is 4.28. The molecule has 4 nitrogen and oxygen atoms in total. The molecule has 0 radical (unpaired) electrons. The molecule has 2 aromatic heterocycles. The van der Waals surface area contributed by atoms with E-state index >= 15 is 0 Å². The van der Waals surface area contributed by atoms with Crippen molar-refractivity contribution in [3.63, 3.8) is 0 Å². The smallest absolute Gasteiger partial charge is 0.261 e. The highest BCUT2D eigenvalue weighted by Gasteiger charge is 2.09. The van der Waals surface area contributed by atoms with Crippen LogP contribution in [0.4, 0.5) is 0 Å². The summed E-state index contributed by atoms with van der Waals surface area (Å²) >= 11 is 0. The summed E-state index contributed by atoms with van der Waals surface area (Å²) in [7, 11) is 0. The Labute approximate surface area is 180 Å². The van der Waals surface area contributed by atoms with Crippen molar-refractivity contribution in [2.75, 3.05) is 0 Å². The first-order valence-corrected chi connectivity index (χ1v) is 10.5. The van der Waals surface area contributed by atoms with E-state index in [9.17, 15) is 4.79 Å². The lowest BCUT2D eigenvalue weighted by molar-refractivity contribution is 0.708. The second kappa shape index (κ2) is 8.07. The van der Waals surface area contributed by atoms with Crippen LogP contribution in [0.15, 0.2) is 89.9 Å². The van der Waals surface area contributed by atoms with Crippen LogP contribution in [0, 0.1) is 0 Å². The molecule has 5 aromatic rings. The van der Waals surface area contributed by atoms with Crippen molar-refractivity contribution in [1.29, 1.82) is 0 Å². The van der Waals surface area contributed by atoms with Gasteiger partial charge in [-0.2, -0.15) is 0 Å². The normalized spacial score (nSPS) is 11.6. The van der Waals surface area contributed by atoms with E-state index in [4.69, 9.17) is 4.98 Å². The monoisotopic (exact) mass is 405 g/mol. The molecule has 0 unspecified atom stereocenters. The van der Waals surface area contributed by atoms with Crippen molar-refractivity contribution in [3.05, 3.63) is 112 Å². The molecule has 0 aliphatic rings. The summed E-state index contributed by atoms with van der Waals surface area (Å²) in [6.07, 6.45) is 6.18. The standard InChI is InChI=1S/C27H23N3O/c1-2-30-26(28-24-14-8-6-13-23(24)27(30)31)17-16-21-19-29(18-20-10-4-3-5-11-20)25-15-9-7-12-22(21)25/h3-17,19H,2,18H2,1H3/b17-16+. The van der Waals surface area contributed by atoms with E-state index in [1.54, 1.807) is 4.57 Å². The number of hydrogen-bond acceptors (Lipinski definition) is 2. The van der Waals surface area contributed by atoms with Gasteiger partial charge in [0.15, 0.2) is 0 Å². The fraction of sp³-hybridized carbons (Fsp3) is 0.111. The average molecular weight is 406 g/mol. The van der Waals surface area contributed by atoms with E-state index in [-0.39, 0.29) is 5.56 Å². The van der Waals surface area contributed by atoms with Gasteiger partial charge in [-0.1, -0.05) is 60.7 Å². The van der Waals surface area contributed by atoms with Gasteiger partial charge < -0.3 is 4.57 Å². The highest BCUT2D eigenvalue weighted by atomic mass is 16.1. The van der Waals surface area contributed by atoms with Crippen LogP contribution in [0.5, 0.6) is 0 Å². The zero-order valence-corrected chi connectivity index (χ0v) is 17.4. The van der Waals surface area contributed by atoms with Gasteiger partial charge in [0.25, 0.3) is 5.56 Å². The van der Waals surface area contributed by atoms with E-state index in [1.165, 1.54) is 16.5 Å². The lowest BCUT2D eigenvalue weighted by Crippen LogP contribution is -2.22. The highest BCUT2D eigenvalue weighted by molar-refractivity contribution is 5.92. The van der Waals surface area contributed by atoms with Gasteiger partial charge >= 0.3 is 0 Å². The number of para-hydroxylation sites is 2. The van der Waals surface area contributed by atoms with Crippen molar-refractivity contribution in [3.8, 4) is 0 Å². The molecule has 0 spiro atoms. The summed E-state index contributed by atoms with van der Waals surface area (Å²) in [5.74, 6) is 0.672. The molecule has 0 aliphatic heterocycles. The topological polar surface area (TPSA) is 39.8 Å². The quantitative estimate of drug-likeness (QED) is 0.382. The van der Waals surface area contributed by atoms with Crippen LogP contribution < -0.4 is 5.56 Å². The molecule has 0 saturated heterocycles. The number of hydrogen-bond donors (Lipinski definition) is 0. The molecule has 0 aliphatic carbocycles. The SMILES string of the molecule is CCn1c(/C=C/c2cn(Cc3ccccc3)c3ccccc23)nc2ccccc2c1=O. The van der Waals surface area contributed by atoms with Crippen LogP contribution in [0.25, 0.3) is 34.0 Å². The van der Waals surface area contributed by atoms with Crippen molar-refractivity contribution < 1.29 is 0 Å². The van der Waals surface area contributed by atoms with Gasteiger partial charge in [-0.25, -0.2) is 4.98 Å². The predicted octanol–water partition coefficient (Wildman–Crippen LogP) is 5.59. The van der Waals surface area contributed by atoms with Gasteiger partial charge in [0.05, 0.1) is 10.9 Å². The van der Waals surface area contributed by atoms with Gasteiger partial charge in [-0.3, -0.25) is 9.36 Å². The molecule has 0 saturated carbocycles. The maximum Gasteiger partial charge on any atom is 0.261 e. The second-order valence-corrected chi connectivity index (χ2v) is 7.58. The Hall–Kier alpha value is -3.92. The van der Waals surface area contributed by atoms with Crippen molar-refractivity contribution in [2.45, 2.75) is 20.0 Å². The van der Waals surface area contributed by atoms with E-state index in [0.717, 1.165) is 17.6 Å². The van der Waals surface area contributed by atoms with Crippen LogP contribution in [0.3, 0.4) is 0 Å². The summed E-state index contributed by atoms with van der Waals surface area (Å²) in [6, 6.07) is 26.4. The minimum Gasteiger partial charge on any atom is -0.342 e. The van der Waals surface area contributed by atoms with Crippen LogP contribution in [0.2, 0.25) is 0 Å². The Morgan fingerprint density at radius 3 is 2.35 bits per heavy atom. The summed E-state index contributed by atoms with van der Waals surface area (Å²) < 4.78 is 3.99. The van der Waals surface area contributed by atoms with Gasteiger partial charge in [-0.15, -0.1) is 0 Å². The summed E-state index contributed by atoms with van der Waals surface area (Å²) in [6.45, 7) is 3.36. The van der Waals surface area contributed by atoms with Crippen LogP contribution in [-0.2, 0) is 13.1 Å². The first kappa shape index (κ1) is 19.1. The third-order valence-corrected chi connectivity index (χ3v) is 5.63. The van der Waals surface area contributed by atoms with Gasteiger partial charge in [-0.05, 0) is 42.8 Å². The Balaban J connectivity index is 1.59. The molecule has 4 heteroatoms. The van der Waals surface area contributed by atoms with Crippen LogP contribution in [0.1, 0.15) is 23.9 Å². The second-order valence-electron chi connectivity index (χ2n) is 7.58. The zero-order chi connectivity index (χ0) is 21.2. The largest absolute Gasteiger partial charge is 0.342 e. The molecule has 0 amide bonds. The lowest BCUT2D eigenvalue weighted by Gasteiger charge is -2.08. The predicted molar refractivity (Wildman–Crippen MR) is 128 cm³/mol. The number of nitrogens with zero attached hydrogens (tertiary/aromatic N) is 3. The fourth-order valence-electron chi connectivity index (χ4n) is 4.10. The molecular formula is C27H23N3O. The van der Waals surface area contributed by atoms with Crippen LogP contribution in [-0.4, -0.2) is 14.1 Å². The molecule has 31 heavy (non-hydrogen) atoms. The van der Waals surface area contributed by atoms with Crippen molar-refractivity contribution in [2.24, 2.45) is 0 Å². The first-order valence-electron chi connectivity index (χ1n) is 10.5. The van der Waals surface area contributed by atoms with Crippen molar-refractivity contribution >= 4 is 34.0 Å². The summed E-state index contributed by atoms with van der Waals surface area (Å²) in [5, 5.41) is 1.84. The first-order chi connectivity index (χ1) is 15.2. The number of rotatable bonds is 5. The minimum absolute atomic E-state index is 0.000689. The third kappa shape index (κ3) is 3.57. The minimum atomic E-state index is -0.000689. The third-order valence-electron chi connectivity index (χ3n) is 5.63. The van der Waals surface area contributed by atoms with E-state index < -0.39 is 0 Å². The lowest BCUT2D eigenvalue weighted by atomic mass is 10.1. The maximum absolute atomic E-state index is 12.9. The molecule has 3 aromatic carbocycles. The highest BCUT2D eigenvalue weighted by Crippen LogP contribution is 2.24. The van der Waals surface area contributed by atoms with Gasteiger partial charge in [0.2, 0.25) is 0 Å². The zero-order valence-electron chi connectivity index (χ0n) is 17.4. The van der Waals surface area contributed by atoms with Crippen LogP contribution >= 0.6 is 0 Å². The Morgan fingerprint density at radius 1 is 0.839 bits per heavy atom. The molecule has 2 heterocycles. The van der Waals surface area contributed by atoms with Crippen molar-refractivity contribution in [1.82, 2.24) is 14.1 Å².